The molecule has 0 aromatic rings. The van der Waals surface area contributed by atoms with Crippen molar-refractivity contribution in [2.45, 2.75) is 44.1 Å². The summed E-state index contributed by atoms with van der Waals surface area (Å²) in [5, 5.41) is 3.20. The number of hydrogen-bond acceptors (Lipinski definition) is 2. The average Bonchev–Trinajstić information content (AvgIpc) is 2.79. The molecule has 0 aromatic carbocycles. The molecule has 3 nitrogen and oxygen atoms in total. The van der Waals surface area contributed by atoms with Gasteiger partial charge in [-0.15, -0.1) is 0 Å². The maximum atomic E-state index is 12.0. The fourth-order valence-corrected chi connectivity index (χ4v) is 3.28. The highest BCUT2D eigenvalue weighted by molar-refractivity contribution is 5.80. The molecule has 2 atom stereocenters. The van der Waals surface area contributed by atoms with Crippen LogP contribution in [0, 0.1) is 17.8 Å². The van der Waals surface area contributed by atoms with E-state index >= 15 is 0 Å². The van der Waals surface area contributed by atoms with E-state index in [1.807, 2.05) is 0 Å². The van der Waals surface area contributed by atoms with Crippen LogP contribution in [0.3, 0.4) is 0 Å². The molecule has 3 fully saturated rings. The van der Waals surface area contributed by atoms with Gasteiger partial charge in [0.25, 0.3) is 0 Å². The first-order valence-electron chi connectivity index (χ1n) is 6.24. The summed E-state index contributed by atoms with van der Waals surface area (Å²) in [5.41, 5.74) is 5.71. The molecule has 0 heterocycles. The molecule has 3 rings (SSSR count). The number of amides is 1. The van der Waals surface area contributed by atoms with Crippen LogP contribution >= 0.6 is 0 Å². The van der Waals surface area contributed by atoms with E-state index in [0.717, 1.165) is 37.5 Å². The Labute approximate surface area is 90.8 Å². The number of nitrogens with one attached hydrogen (secondary N) is 1. The molecule has 3 heteroatoms. The summed E-state index contributed by atoms with van der Waals surface area (Å²) in [5.74, 6) is 2.36. The van der Waals surface area contributed by atoms with Gasteiger partial charge in [0.15, 0.2) is 0 Å². The van der Waals surface area contributed by atoms with E-state index in [-0.39, 0.29) is 11.4 Å². The molecular formula is C12H20N2O. The zero-order valence-electron chi connectivity index (χ0n) is 9.17. The lowest BCUT2D eigenvalue weighted by Crippen LogP contribution is -2.59. The molecule has 2 unspecified atom stereocenters. The second-order valence-corrected chi connectivity index (χ2v) is 5.75. The lowest BCUT2D eigenvalue weighted by molar-refractivity contribution is -0.128. The van der Waals surface area contributed by atoms with Crippen LogP contribution in [0.15, 0.2) is 0 Å². The van der Waals surface area contributed by atoms with Crippen LogP contribution in [0.5, 0.6) is 0 Å². The van der Waals surface area contributed by atoms with Gasteiger partial charge in [0.05, 0.1) is 5.54 Å². The fraction of sp³-hybridized carbons (Fsp3) is 0.917. The number of rotatable bonds is 3. The fourth-order valence-electron chi connectivity index (χ4n) is 3.28. The summed E-state index contributed by atoms with van der Waals surface area (Å²) in [4.78, 5) is 12.0. The summed E-state index contributed by atoms with van der Waals surface area (Å²) in [6.07, 6.45) is 7.02. The van der Waals surface area contributed by atoms with Gasteiger partial charge in [0.1, 0.15) is 0 Å². The molecule has 0 spiro atoms. The Kier molecular flexibility index (Phi) is 2.06. The molecule has 3 saturated carbocycles. The zero-order chi connectivity index (χ0) is 10.5. The van der Waals surface area contributed by atoms with Crippen molar-refractivity contribution in [3.8, 4) is 0 Å². The van der Waals surface area contributed by atoms with Crippen LogP contribution in [-0.2, 0) is 4.79 Å². The summed E-state index contributed by atoms with van der Waals surface area (Å²) < 4.78 is 0. The van der Waals surface area contributed by atoms with Gasteiger partial charge in [0, 0.05) is 12.5 Å². The highest BCUT2D eigenvalue weighted by atomic mass is 16.2. The van der Waals surface area contributed by atoms with E-state index < -0.39 is 0 Å². The molecule has 0 aromatic heterocycles. The number of carbonyl (C=O) groups excluding carboxylic acids is 1. The smallest absolute Gasteiger partial charge is 0.223 e. The van der Waals surface area contributed by atoms with Gasteiger partial charge in [-0.1, -0.05) is 0 Å². The van der Waals surface area contributed by atoms with Crippen LogP contribution < -0.4 is 11.1 Å². The van der Waals surface area contributed by atoms with Crippen LogP contribution in [0.25, 0.3) is 0 Å². The normalized spacial score (nSPS) is 40.5. The van der Waals surface area contributed by atoms with Gasteiger partial charge < -0.3 is 11.1 Å². The van der Waals surface area contributed by atoms with E-state index in [2.05, 4.69) is 5.32 Å². The van der Waals surface area contributed by atoms with Gasteiger partial charge >= 0.3 is 0 Å². The van der Waals surface area contributed by atoms with Crippen molar-refractivity contribution in [1.29, 1.82) is 0 Å². The molecule has 0 saturated heterocycles. The van der Waals surface area contributed by atoms with Crippen molar-refractivity contribution in [3.63, 3.8) is 0 Å². The molecule has 3 aliphatic rings. The van der Waals surface area contributed by atoms with Gasteiger partial charge in [0.2, 0.25) is 5.91 Å². The quantitative estimate of drug-likeness (QED) is 0.728. The third-order valence-electron chi connectivity index (χ3n) is 4.70. The first-order chi connectivity index (χ1) is 7.22. The van der Waals surface area contributed by atoms with Gasteiger partial charge in [-0.25, -0.2) is 0 Å². The predicted octanol–water partition coefficient (Wildman–Crippen LogP) is 1.03. The van der Waals surface area contributed by atoms with Crippen LogP contribution in [-0.4, -0.2) is 18.0 Å². The van der Waals surface area contributed by atoms with Crippen molar-refractivity contribution in [1.82, 2.24) is 5.32 Å². The van der Waals surface area contributed by atoms with Crippen molar-refractivity contribution < 1.29 is 4.79 Å². The van der Waals surface area contributed by atoms with E-state index in [1.165, 1.54) is 12.8 Å². The van der Waals surface area contributed by atoms with Crippen molar-refractivity contribution >= 4 is 5.91 Å². The number of hydrogen-bond donors (Lipinski definition) is 2. The molecular weight excluding hydrogens is 188 g/mol. The Balaban J connectivity index is 1.56. The number of nitrogens with two attached hydrogens (primary N) is 1. The summed E-state index contributed by atoms with van der Waals surface area (Å²) in [6.45, 7) is 0.609. The second-order valence-electron chi connectivity index (χ2n) is 5.75. The summed E-state index contributed by atoms with van der Waals surface area (Å²) in [6, 6.07) is 0. The Bertz CT molecular complexity index is 270. The Morgan fingerprint density at radius 2 is 1.93 bits per heavy atom. The summed E-state index contributed by atoms with van der Waals surface area (Å²) >= 11 is 0. The van der Waals surface area contributed by atoms with Gasteiger partial charge in [-0.3, -0.25) is 4.79 Å². The molecule has 3 aliphatic carbocycles. The van der Waals surface area contributed by atoms with Crippen molar-refractivity contribution in [2.24, 2.45) is 23.5 Å². The molecule has 15 heavy (non-hydrogen) atoms. The Morgan fingerprint density at radius 1 is 1.27 bits per heavy atom. The monoisotopic (exact) mass is 208 g/mol. The SMILES string of the molecule is NCC1(NC(=O)C2CC3CC3C2)CCC1. The maximum Gasteiger partial charge on any atom is 0.223 e. The van der Waals surface area contributed by atoms with Crippen LogP contribution in [0.4, 0.5) is 0 Å². The van der Waals surface area contributed by atoms with E-state index in [4.69, 9.17) is 5.73 Å². The third kappa shape index (κ3) is 1.57. The molecule has 0 aliphatic heterocycles. The van der Waals surface area contributed by atoms with Gasteiger partial charge in [-0.05, 0) is 50.4 Å². The maximum absolute atomic E-state index is 12.0. The van der Waals surface area contributed by atoms with Crippen LogP contribution in [0.1, 0.15) is 38.5 Å². The number of carbonyl (C=O) groups is 1. The van der Waals surface area contributed by atoms with Gasteiger partial charge in [-0.2, -0.15) is 0 Å². The molecule has 84 valence electrons. The minimum Gasteiger partial charge on any atom is -0.349 e. The zero-order valence-corrected chi connectivity index (χ0v) is 9.17. The minimum atomic E-state index is -0.0239. The minimum absolute atomic E-state index is 0.0239. The van der Waals surface area contributed by atoms with E-state index in [1.54, 1.807) is 0 Å². The van der Waals surface area contributed by atoms with E-state index in [9.17, 15) is 4.79 Å². The summed E-state index contributed by atoms with van der Waals surface area (Å²) in [7, 11) is 0. The third-order valence-corrected chi connectivity index (χ3v) is 4.70. The average molecular weight is 208 g/mol. The molecule has 1 amide bonds. The van der Waals surface area contributed by atoms with Crippen molar-refractivity contribution in [3.05, 3.63) is 0 Å². The first kappa shape index (κ1) is 9.64. The number of fused-ring (bicyclic) bond motifs is 1. The standard InChI is InChI=1S/C12H20N2O/c13-7-12(2-1-3-12)14-11(15)10-5-8-4-9(8)6-10/h8-10H,1-7,13H2,(H,14,15). The van der Waals surface area contributed by atoms with Crippen molar-refractivity contribution in [2.75, 3.05) is 6.54 Å². The highest BCUT2D eigenvalue weighted by Gasteiger charge is 2.49. The Hall–Kier alpha value is -0.570. The molecule has 3 N–H and O–H groups in total. The topological polar surface area (TPSA) is 55.1 Å². The second kappa shape index (κ2) is 3.21. The largest absolute Gasteiger partial charge is 0.349 e. The lowest BCUT2D eigenvalue weighted by Gasteiger charge is -2.42. The lowest BCUT2D eigenvalue weighted by atomic mass is 9.76. The van der Waals surface area contributed by atoms with Crippen LogP contribution in [0.2, 0.25) is 0 Å². The molecule has 0 radical (unpaired) electrons. The Morgan fingerprint density at radius 3 is 2.40 bits per heavy atom. The highest BCUT2D eigenvalue weighted by Crippen LogP contribution is 2.54. The molecule has 0 bridgehead atoms. The predicted molar refractivity (Wildman–Crippen MR) is 58.1 cm³/mol. The first-order valence-corrected chi connectivity index (χ1v) is 6.24. The van der Waals surface area contributed by atoms with E-state index in [0.29, 0.717) is 12.5 Å².